The van der Waals surface area contributed by atoms with E-state index in [0.717, 1.165) is 13.0 Å². The molecule has 3 rings (SSSR count). The number of aromatic nitrogens is 2. The van der Waals surface area contributed by atoms with E-state index < -0.39 is 0 Å². The van der Waals surface area contributed by atoms with Crippen LogP contribution >= 0.6 is 12.4 Å². The van der Waals surface area contributed by atoms with Crippen molar-refractivity contribution in [3.05, 3.63) is 47.1 Å². The zero-order valence-electron chi connectivity index (χ0n) is 11.5. The van der Waals surface area contributed by atoms with Gasteiger partial charge in [-0.05, 0) is 24.5 Å². The Bertz CT molecular complexity index is 572. The Labute approximate surface area is 124 Å². The Morgan fingerprint density at radius 2 is 2.10 bits per heavy atom. The third kappa shape index (κ3) is 3.00. The highest BCUT2D eigenvalue weighted by Crippen LogP contribution is 2.24. The molecule has 1 aliphatic heterocycles. The van der Waals surface area contributed by atoms with Crippen molar-refractivity contribution in [3.8, 4) is 0 Å². The van der Waals surface area contributed by atoms with Gasteiger partial charge in [0.25, 0.3) is 0 Å². The summed E-state index contributed by atoms with van der Waals surface area (Å²) in [6.45, 7) is 4.17. The lowest BCUT2D eigenvalue weighted by atomic mass is 9.95. The fourth-order valence-electron chi connectivity index (χ4n) is 2.56. The fraction of sp³-hybridized carbons (Fsp3) is 0.429. The molecule has 1 unspecified atom stereocenters. The molecular formula is C14H19ClN4O. The first kappa shape index (κ1) is 15.0. The average Bonchev–Trinajstić information content (AvgIpc) is 2.87. The number of hydrogen-bond donors (Lipinski definition) is 1. The molecule has 2 aromatic rings. The summed E-state index contributed by atoms with van der Waals surface area (Å²) in [5, 5.41) is 3.96. The van der Waals surface area contributed by atoms with Gasteiger partial charge in [-0.3, -0.25) is 4.90 Å². The molecule has 0 fully saturated rings. The maximum atomic E-state index is 5.48. The highest BCUT2D eigenvalue weighted by atomic mass is 35.5. The van der Waals surface area contributed by atoms with E-state index in [1.54, 1.807) is 0 Å². The maximum Gasteiger partial charge on any atom is 0.240 e. The second kappa shape index (κ2) is 6.35. The van der Waals surface area contributed by atoms with Crippen LogP contribution in [0.1, 0.15) is 29.8 Å². The number of rotatable bonds is 3. The zero-order chi connectivity index (χ0) is 13.2. The lowest BCUT2D eigenvalue weighted by Crippen LogP contribution is -2.38. The molecule has 6 heteroatoms. The Morgan fingerprint density at radius 1 is 1.35 bits per heavy atom. The van der Waals surface area contributed by atoms with Crippen molar-refractivity contribution in [2.24, 2.45) is 5.73 Å². The molecule has 2 heterocycles. The third-order valence-electron chi connectivity index (χ3n) is 3.66. The molecule has 0 bridgehead atoms. The van der Waals surface area contributed by atoms with Crippen LogP contribution < -0.4 is 5.73 Å². The molecule has 1 aromatic carbocycles. The van der Waals surface area contributed by atoms with E-state index >= 15 is 0 Å². The molecule has 0 saturated heterocycles. The normalized spacial score (nSPS) is 18.4. The number of hydrogen-bond acceptors (Lipinski definition) is 5. The number of nitrogens with zero attached hydrogens (tertiary/aromatic N) is 3. The van der Waals surface area contributed by atoms with Gasteiger partial charge in [-0.1, -0.05) is 29.4 Å². The highest BCUT2D eigenvalue weighted by molar-refractivity contribution is 5.85. The van der Waals surface area contributed by atoms with Gasteiger partial charge < -0.3 is 10.3 Å². The lowest BCUT2D eigenvalue weighted by molar-refractivity contribution is 0.169. The smallest absolute Gasteiger partial charge is 0.240 e. The number of benzene rings is 1. The molecule has 0 amide bonds. The van der Waals surface area contributed by atoms with Crippen LogP contribution in [0.25, 0.3) is 0 Å². The van der Waals surface area contributed by atoms with Crippen LogP contribution in [0.2, 0.25) is 0 Å². The average molecular weight is 295 g/mol. The molecular weight excluding hydrogens is 276 g/mol. The second-order valence-corrected chi connectivity index (χ2v) is 5.04. The first-order chi connectivity index (χ1) is 9.26. The van der Waals surface area contributed by atoms with Gasteiger partial charge >= 0.3 is 0 Å². The zero-order valence-corrected chi connectivity index (χ0v) is 12.3. The SMILES string of the molecule is CC1Cc2ccccc2CN1Cc1noc(CN)n1.Cl. The number of fused-ring (bicyclic) bond motifs is 1. The Kier molecular flexibility index (Phi) is 4.75. The summed E-state index contributed by atoms with van der Waals surface area (Å²) in [6.07, 6.45) is 1.07. The van der Waals surface area contributed by atoms with Gasteiger partial charge in [0.15, 0.2) is 5.82 Å². The third-order valence-corrected chi connectivity index (χ3v) is 3.66. The Morgan fingerprint density at radius 3 is 2.80 bits per heavy atom. The van der Waals surface area contributed by atoms with Crippen molar-refractivity contribution in [1.29, 1.82) is 0 Å². The first-order valence-corrected chi connectivity index (χ1v) is 6.58. The fourth-order valence-corrected chi connectivity index (χ4v) is 2.56. The van der Waals surface area contributed by atoms with Gasteiger partial charge in [0.1, 0.15) is 0 Å². The summed E-state index contributed by atoms with van der Waals surface area (Å²) in [5.74, 6) is 1.21. The molecule has 0 radical (unpaired) electrons. The minimum absolute atomic E-state index is 0. The summed E-state index contributed by atoms with van der Waals surface area (Å²) >= 11 is 0. The molecule has 0 aliphatic carbocycles. The highest BCUT2D eigenvalue weighted by Gasteiger charge is 2.23. The van der Waals surface area contributed by atoms with Gasteiger partial charge in [-0.25, -0.2) is 0 Å². The minimum Gasteiger partial charge on any atom is -0.338 e. The van der Waals surface area contributed by atoms with Crippen LogP contribution in [0, 0.1) is 0 Å². The predicted octanol–water partition coefficient (Wildman–Crippen LogP) is 1.90. The van der Waals surface area contributed by atoms with E-state index in [0.29, 0.717) is 30.8 Å². The quantitative estimate of drug-likeness (QED) is 0.936. The van der Waals surface area contributed by atoms with Gasteiger partial charge in [0.2, 0.25) is 5.89 Å². The standard InChI is InChI=1S/C14H18N4O.ClH/c1-10-6-11-4-2-3-5-12(11)8-18(10)9-13-16-14(7-15)19-17-13;/h2-5,10H,6-9,15H2,1H3;1H. The van der Waals surface area contributed by atoms with E-state index in [2.05, 4.69) is 46.2 Å². The second-order valence-electron chi connectivity index (χ2n) is 5.04. The molecule has 20 heavy (non-hydrogen) atoms. The maximum absolute atomic E-state index is 5.48. The van der Waals surface area contributed by atoms with E-state index in [9.17, 15) is 0 Å². The van der Waals surface area contributed by atoms with Crippen molar-refractivity contribution in [2.75, 3.05) is 0 Å². The monoisotopic (exact) mass is 294 g/mol. The first-order valence-electron chi connectivity index (χ1n) is 6.58. The van der Waals surface area contributed by atoms with Gasteiger partial charge in [0, 0.05) is 12.6 Å². The van der Waals surface area contributed by atoms with E-state index in [4.69, 9.17) is 10.3 Å². The summed E-state index contributed by atoms with van der Waals surface area (Å²) < 4.78 is 5.05. The number of nitrogens with two attached hydrogens (primary N) is 1. The molecule has 2 N–H and O–H groups in total. The topological polar surface area (TPSA) is 68.2 Å². The predicted molar refractivity (Wildman–Crippen MR) is 78.3 cm³/mol. The van der Waals surface area contributed by atoms with Crippen LogP contribution in [0.3, 0.4) is 0 Å². The van der Waals surface area contributed by atoms with Crippen molar-refractivity contribution in [3.63, 3.8) is 0 Å². The van der Waals surface area contributed by atoms with Crippen LogP contribution in [0.15, 0.2) is 28.8 Å². The lowest BCUT2D eigenvalue weighted by Gasteiger charge is -2.33. The molecule has 0 spiro atoms. The van der Waals surface area contributed by atoms with Gasteiger partial charge in [-0.2, -0.15) is 4.98 Å². The molecule has 1 atom stereocenters. The molecule has 1 aliphatic rings. The molecule has 108 valence electrons. The summed E-state index contributed by atoms with van der Waals surface area (Å²) in [7, 11) is 0. The minimum atomic E-state index is 0. The van der Waals surface area contributed by atoms with Crippen LogP contribution in [0.4, 0.5) is 0 Å². The summed E-state index contributed by atoms with van der Waals surface area (Å²) in [5.41, 5.74) is 8.32. The van der Waals surface area contributed by atoms with Gasteiger partial charge in [0.05, 0.1) is 13.1 Å². The van der Waals surface area contributed by atoms with E-state index in [1.165, 1.54) is 11.1 Å². The van der Waals surface area contributed by atoms with Crippen molar-refractivity contribution < 1.29 is 4.52 Å². The largest absolute Gasteiger partial charge is 0.338 e. The Balaban J connectivity index is 0.00000147. The summed E-state index contributed by atoms with van der Waals surface area (Å²) in [6, 6.07) is 9.08. The van der Waals surface area contributed by atoms with Gasteiger partial charge in [-0.15, -0.1) is 12.4 Å². The van der Waals surface area contributed by atoms with E-state index in [-0.39, 0.29) is 12.4 Å². The Hall–Kier alpha value is -1.43. The van der Waals surface area contributed by atoms with Crippen LogP contribution in [-0.2, 0) is 26.1 Å². The molecule has 0 saturated carbocycles. The van der Waals surface area contributed by atoms with E-state index in [1.807, 2.05) is 0 Å². The number of halogens is 1. The van der Waals surface area contributed by atoms with Crippen molar-refractivity contribution >= 4 is 12.4 Å². The van der Waals surface area contributed by atoms with Crippen molar-refractivity contribution in [2.45, 2.75) is 39.0 Å². The van der Waals surface area contributed by atoms with Crippen LogP contribution in [-0.4, -0.2) is 21.1 Å². The molecule has 1 aromatic heterocycles. The van der Waals surface area contributed by atoms with Crippen LogP contribution in [0.5, 0.6) is 0 Å². The summed E-state index contributed by atoms with van der Waals surface area (Å²) in [4.78, 5) is 6.64. The van der Waals surface area contributed by atoms with Crippen molar-refractivity contribution in [1.82, 2.24) is 15.0 Å². The molecule has 5 nitrogen and oxygen atoms in total.